The molecule has 1 amide bonds. The third kappa shape index (κ3) is 2.79. The monoisotopic (exact) mass is 238 g/mol. The molecule has 1 saturated heterocycles. The number of aromatic nitrogens is 1. The number of hydrogen-bond donors (Lipinski definition) is 1. The fraction of sp³-hybridized carbons (Fsp3) is 0.500. The molecule has 2 heterocycles. The summed E-state index contributed by atoms with van der Waals surface area (Å²) in [5.74, 6) is -0.991. The van der Waals surface area contributed by atoms with E-state index in [9.17, 15) is 9.18 Å². The first-order chi connectivity index (χ1) is 8.11. The van der Waals surface area contributed by atoms with Gasteiger partial charge >= 0.3 is 0 Å². The van der Waals surface area contributed by atoms with E-state index in [1.165, 1.54) is 12.3 Å². The quantitative estimate of drug-likeness (QED) is 0.849. The first-order valence-electron chi connectivity index (χ1n) is 5.60. The maximum atomic E-state index is 13.4. The van der Waals surface area contributed by atoms with Crippen LogP contribution in [0.5, 0.6) is 0 Å². The number of carbonyl (C=O) groups is 1. The molecule has 92 valence electrons. The van der Waals surface area contributed by atoms with Gasteiger partial charge in [-0.25, -0.2) is 4.39 Å². The fourth-order valence-corrected chi connectivity index (χ4v) is 1.85. The maximum absolute atomic E-state index is 13.4. The van der Waals surface area contributed by atoms with Crippen molar-refractivity contribution in [2.24, 2.45) is 0 Å². The summed E-state index contributed by atoms with van der Waals surface area (Å²) >= 11 is 0. The van der Waals surface area contributed by atoms with E-state index >= 15 is 0 Å². The first-order valence-corrected chi connectivity index (χ1v) is 5.60. The van der Waals surface area contributed by atoms with Crippen LogP contribution in [-0.4, -0.2) is 29.6 Å². The lowest BCUT2D eigenvalue weighted by Crippen LogP contribution is -2.49. The van der Waals surface area contributed by atoms with Crippen LogP contribution in [0.1, 0.15) is 30.1 Å². The lowest BCUT2D eigenvalue weighted by molar-refractivity contribution is 0.0421. The Morgan fingerprint density at radius 1 is 1.53 bits per heavy atom. The van der Waals surface area contributed by atoms with E-state index in [1.54, 1.807) is 0 Å². The van der Waals surface area contributed by atoms with E-state index in [0.717, 1.165) is 19.0 Å². The molecule has 0 aromatic carbocycles. The standard InChI is InChI=1S/C12H15FN2O2/c1-12(3-6-17-7-4-12)15-11(16)9-2-5-14-8-10(9)13/h2,5,8H,3-4,6-7H2,1H3,(H,15,16). The Labute approximate surface area is 99.2 Å². The van der Waals surface area contributed by atoms with E-state index in [1.807, 2.05) is 6.92 Å². The summed E-state index contributed by atoms with van der Waals surface area (Å²) in [6, 6.07) is 1.38. The highest BCUT2D eigenvalue weighted by Crippen LogP contribution is 2.20. The van der Waals surface area contributed by atoms with Gasteiger partial charge in [0.1, 0.15) is 0 Å². The van der Waals surface area contributed by atoms with E-state index in [2.05, 4.69) is 10.3 Å². The molecule has 5 heteroatoms. The number of ether oxygens (including phenoxy) is 1. The molecule has 4 nitrogen and oxygen atoms in total. The number of hydrogen-bond acceptors (Lipinski definition) is 3. The highest BCUT2D eigenvalue weighted by molar-refractivity contribution is 5.94. The number of halogens is 1. The van der Waals surface area contributed by atoms with Gasteiger partial charge in [0.25, 0.3) is 5.91 Å². The lowest BCUT2D eigenvalue weighted by Gasteiger charge is -2.34. The minimum atomic E-state index is -0.597. The van der Waals surface area contributed by atoms with Crippen LogP contribution in [-0.2, 0) is 4.74 Å². The Bertz CT molecular complexity index is 417. The topological polar surface area (TPSA) is 51.2 Å². The van der Waals surface area contributed by atoms with Crippen molar-refractivity contribution in [2.75, 3.05) is 13.2 Å². The van der Waals surface area contributed by atoms with Gasteiger partial charge in [-0.3, -0.25) is 9.78 Å². The second-order valence-electron chi connectivity index (χ2n) is 4.48. The molecule has 1 fully saturated rings. The van der Waals surface area contributed by atoms with Gasteiger partial charge < -0.3 is 10.1 Å². The van der Waals surface area contributed by atoms with Crippen molar-refractivity contribution in [3.05, 3.63) is 29.8 Å². The molecular formula is C12H15FN2O2. The molecule has 1 aromatic heterocycles. The van der Waals surface area contributed by atoms with Crippen LogP contribution in [0.15, 0.2) is 18.5 Å². The minimum Gasteiger partial charge on any atom is -0.381 e. The van der Waals surface area contributed by atoms with Crippen molar-refractivity contribution in [1.82, 2.24) is 10.3 Å². The van der Waals surface area contributed by atoms with Gasteiger partial charge in [-0.05, 0) is 25.8 Å². The third-order valence-electron chi connectivity index (χ3n) is 3.03. The predicted octanol–water partition coefficient (Wildman–Crippen LogP) is 1.52. The molecule has 0 radical (unpaired) electrons. The molecule has 0 spiro atoms. The Kier molecular flexibility index (Phi) is 3.38. The SMILES string of the molecule is CC1(NC(=O)c2ccncc2F)CCOCC1. The van der Waals surface area contributed by atoms with Crippen molar-refractivity contribution in [3.63, 3.8) is 0 Å². The normalized spacial score (nSPS) is 18.7. The Balaban J connectivity index is 2.09. The molecule has 1 aliphatic rings. The molecule has 2 rings (SSSR count). The zero-order valence-corrected chi connectivity index (χ0v) is 9.70. The van der Waals surface area contributed by atoms with Crippen LogP contribution < -0.4 is 5.32 Å². The summed E-state index contributed by atoms with van der Waals surface area (Å²) in [7, 11) is 0. The summed E-state index contributed by atoms with van der Waals surface area (Å²) < 4.78 is 18.6. The Morgan fingerprint density at radius 3 is 2.88 bits per heavy atom. The highest BCUT2D eigenvalue weighted by Gasteiger charge is 2.29. The van der Waals surface area contributed by atoms with Crippen LogP contribution >= 0.6 is 0 Å². The van der Waals surface area contributed by atoms with Crippen molar-refractivity contribution in [2.45, 2.75) is 25.3 Å². The number of rotatable bonds is 2. The minimum absolute atomic E-state index is 0.0349. The molecule has 0 saturated carbocycles. The molecule has 1 N–H and O–H groups in total. The smallest absolute Gasteiger partial charge is 0.254 e. The Morgan fingerprint density at radius 2 is 2.24 bits per heavy atom. The number of pyridine rings is 1. The van der Waals surface area contributed by atoms with Crippen molar-refractivity contribution in [3.8, 4) is 0 Å². The molecule has 0 atom stereocenters. The fourth-order valence-electron chi connectivity index (χ4n) is 1.85. The second-order valence-corrected chi connectivity index (χ2v) is 4.48. The molecule has 1 aromatic rings. The van der Waals surface area contributed by atoms with Crippen LogP contribution in [0.4, 0.5) is 4.39 Å². The summed E-state index contributed by atoms with van der Waals surface area (Å²) in [4.78, 5) is 15.5. The number of carbonyl (C=O) groups excluding carboxylic acids is 1. The predicted molar refractivity (Wildman–Crippen MR) is 60.1 cm³/mol. The van der Waals surface area contributed by atoms with Crippen molar-refractivity contribution < 1.29 is 13.9 Å². The van der Waals surface area contributed by atoms with Crippen LogP contribution in [0.25, 0.3) is 0 Å². The zero-order valence-electron chi connectivity index (χ0n) is 9.70. The molecule has 1 aliphatic heterocycles. The van der Waals surface area contributed by atoms with Gasteiger partial charge in [-0.15, -0.1) is 0 Å². The third-order valence-corrected chi connectivity index (χ3v) is 3.03. The average Bonchev–Trinajstić information content (AvgIpc) is 2.29. The molecule has 0 aliphatic carbocycles. The van der Waals surface area contributed by atoms with E-state index < -0.39 is 11.7 Å². The molecule has 17 heavy (non-hydrogen) atoms. The maximum Gasteiger partial charge on any atom is 0.254 e. The van der Waals surface area contributed by atoms with Crippen molar-refractivity contribution >= 4 is 5.91 Å². The van der Waals surface area contributed by atoms with Gasteiger partial charge in [0.2, 0.25) is 0 Å². The average molecular weight is 238 g/mol. The van der Waals surface area contributed by atoms with E-state index in [0.29, 0.717) is 13.2 Å². The molecular weight excluding hydrogens is 223 g/mol. The molecule has 0 bridgehead atoms. The number of nitrogens with zero attached hydrogens (tertiary/aromatic N) is 1. The summed E-state index contributed by atoms with van der Waals surface area (Å²) in [5.41, 5.74) is -0.280. The van der Waals surface area contributed by atoms with Gasteiger partial charge in [0.05, 0.1) is 11.8 Å². The van der Waals surface area contributed by atoms with Gasteiger partial charge in [-0.2, -0.15) is 0 Å². The van der Waals surface area contributed by atoms with E-state index in [4.69, 9.17) is 4.74 Å². The Hall–Kier alpha value is -1.49. The van der Waals surface area contributed by atoms with E-state index in [-0.39, 0.29) is 11.1 Å². The van der Waals surface area contributed by atoms with Crippen LogP contribution in [0.2, 0.25) is 0 Å². The summed E-state index contributed by atoms with van der Waals surface area (Å²) in [6.07, 6.45) is 3.93. The van der Waals surface area contributed by atoms with Crippen LogP contribution in [0.3, 0.4) is 0 Å². The van der Waals surface area contributed by atoms with Gasteiger partial charge in [0, 0.05) is 24.9 Å². The van der Waals surface area contributed by atoms with Gasteiger partial charge in [-0.1, -0.05) is 0 Å². The van der Waals surface area contributed by atoms with Crippen LogP contribution in [0, 0.1) is 5.82 Å². The lowest BCUT2D eigenvalue weighted by atomic mass is 9.92. The summed E-state index contributed by atoms with van der Waals surface area (Å²) in [5, 5.41) is 2.87. The highest BCUT2D eigenvalue weighted by atomic mass is 19.1. The number of nitrogens with one attached hydrogen (secondary N) is 1. The number of amides is 1. The second kappa shape index (κ2) is 4.79. The van der Waals surface area contributed by atoms with Crippen molar-refractivity contribution in [1.29, 1.82) is 0 Å². The zero-order chi connectivity index (χ0) is 12.3. The largest absolute Gasteiger partial charge is 0.381 e. The van der Waals surface area contributed by atoms with Gasteiger partial charge in [0.15, 0.2) is 5.82 Å². The molecule has 0 unspecified atom stereocenters. The summed E-state index contributed by atoms with van der Waals surface area (Å²) in [6.45, 7) is 3.19. The first kappa shape index (κ1) is 12.0.